The summed E-state index contributed by atoms with van der Waals surface area (Å²) in [6, 6.07) is 20.4. The predicted octanol–water partition coefficient (Wildman–Crippen LogP) is 11.6. The number of aliphatic hydroxyl groups is 1. The van der Waals surface area contributed by atoms with Crippen LogP contribution in [0.4, 0.5) is 0 Å². The van der Waals surface area contributed by atoms with Crippen molar-refractivity contribution in [2.45, 2.75) is 109 Å². The summed E-state index contributed by atoms with van der Waals surface area (Å²) in [5.41, 5.74) is 12.1. The summed E-state index contributed by atoms with van der Waals surface area (Å²) < 4.78 is 0. The first-order valence-electron chi connectivity index (χ1n) is 17.5. The van der Waals surface area contributed by atoms with Crippen LogP contribution in [-0.4, -0.2) is 20.9 Å². The summed E-state index contributed by atoms with van der Waals surface area (Å²) >= 11 is 0. The fourth-order valence-electron chi connectivity index (χ4n) is 5.95. The molecule has 6 heteroatoms. The summed E-state index contributed by atoms with van der Waals surface area (Å²) in [7, 11) is 0. The molecule has 1 N–H and O–H groups in total. The van der Waals surface area contributed by atoms with Gasteiger partial charge in [-0.2, -0.15) is 5.26 Å². The Kier molecular flexibility index (Phi) is 15.1. The molecule has 0 bridgehead atoms. The Morgan fingerprint density at radius 1 is 0.800 bits per heavy atom. The molecular weight excluding hydrogens is 795 g/mol. The fraction of sp³-hybridized carbons (Fsp3) is 0.409. The summed E-state index contributed by atoms with van der Waals surface area (Å²) in [6.07, 6.45) is 6.59. The molecule has 0 aliphatic carbocycles. The quantitative estimate of drug-likeness (QED) is 0.0976. The second-order valence-corrected chi connectivity index (χ2v) is 14.1. The van der Waals surface area contributed by atoms with Gasteiger partial charge < -0.3 is 10.1 Å². The van der Waals surface area contributed by atoms with Crippen molar-refractivity contribution in [1.29, 1.82) is 5.26 Å². The Labute approximate surface area is 314 Å². The van der Waals surface area contributed by atoms with Crippen LogP contribution < -0.4 is 0 Å². The predicted molar refractivity (Wildman–Crippen MR) is 203 cm³/mol. The van der Waals surface area contributed by atoms with Crippen molar-refractivity contribution in [3.8, 4) is 39.8 Å². The molecule has 4 rings (SSSR count). The van der Waals surface area contributed by atoms with Crippen LogP contribution >= 0.6 is 0 Å². The van der Waals surface area contributed by atoms with Crippen molar-refractivity contribution in [2.75, 3.05) is 0 Å². The average Bonchev–Trinajstić information content (AvgIpc) is 3.07. The number of aryl methyl sites for hydroxylation is 6. The van der Waals surface area contributed by atoms with Crippen LogP contribution in [0.3, 0.4) is 0 Å². The fourth-order valence-corrected chi connectivity index (χ4v) is 5.95. The van der Waals surface area contributed by atoms with Crippen molar-refractivity contribution >= 4 is 5.78 Å². The molecule has 4 aromatic rings. The smallest absolute Gasteiger partial charge is 0.164 e. The third-order valence-electron chi connectivity index (χ3n) is 10.2. The van der Waals surface area contributed by atoms with E-state index in [1.165, 1.54) is 22.8 Å². The van der Waals surface area contributed by atoms with Gasteiger partial charge >= 0.3 is 0 Å². The number of hydrogen-bond donors (Lipinski definition) is 1. The number of aromatic nitrogens is 2. The largest absolute Gasteiger partial charge is 0.512 e. The molecule has 1 heterocycles. The normalized spacial score (nSPS) is 11.6. The van der Waals surface area contributed by atoms with E-state index in [0.717, 1.165) is 76.1 Å². The van der Waals surface area contributed by atoms with Gasteiger partial charge in [0.25, 0.3) is 0 Å². The van der Waals surface area contributed by atoms with Crippen LogP contribution in [0.2, 0.25) is 0 Å². The second-order valence-electron chi connectivity index (χ2n) is 14.1. The van der Waals surface area contributed by atoms with Gasteiger partial charge in [-0.15, -0.1) is 34.9 Å². The van der Waals surface area contributed by atoms with Gasteiger partial charge in [-0.25, -0.2) is 0 Å². The SMILES string of the molecule is CCC(C)(CC)C(=O)/C=C(\O)C(C)(CC)CC.Cc1[c-]c(-c2ncc(-c3cc(C)c(C#N)cc3C)nc2-c2cc(C)cc(C)c2)cc(C)c1.[Ir]. The molecule has 0 fully saturated rings. The molecule has 5 nitrogen and oxygen atoms in total. The third kappa shape index (κ3) is 9.87. The van der Waals surface area contributed by atoms with Gasteiger partial charge in [0.2, 0.25) is 0 Å². The maximum Gasteiger partial charge on any atom is 0.164 e. The molecule has 0 saturated carbocycles. The van der Waals surface area contributed by atoms with Gasteiger partial charge in [-0.3, -0.25) is 9.78 Å². The first-order valence-corrected chi connectivity index (χ1v) is 17.5. The Balaban J connectivity index is 0.000000413. The number of carbonyl (C=O) groups excluding carboxylic acids is 1. The molecule has 0 spiro atoms. The maximum absolute atomic E-state index is 12.2. The number of nitrogens with zero attached hydrogens (tertiary/aromatic N) is 3. The van der Waals surface area contributed by atoms with Crippen molar-refractivity contribution < 1.29 is 30.0 Å². The average molecular weight is 849 g/mol. The zero-order valence-electron chi connectivity index (χ0n) is 32.1. The maximum atomic E-state index is 12.2. The Morgan fingerprint density at radius 2 is 1.36 bits per heavy atom. The molecule has 3 aromatic carbocycles. The topological polar surface area (TPSA) is 86.9 Å². The molecule has 0 atom stereocenters. The Hall–Kier alpha value is -3.91. The molecular formula is C44H54IrN3O2-. The van der Waals surface area contributed by atoms with E-state index in [1.54, 1.807) is 0 Å². The summed E-state index contributed by atoms with van der Waals surface area (Å²) in [4.78, 5) is 22.2. The number of allylic oxidation sites excluding steroid dienone is 2. The number of carbonyl (C=O) groups is 1. The molecule has 50 heavy (non-hydrogen) atoms. The van der Waals surface area contributed by atoms with E-state index in [9.17, 15) is 15.2 Å². The van der Waals surface area contributed by atoms with Crippen molar-refractivity contribution in [3.63, 3.8) is 0 Å². The number of benzene rings is 3. The zero-order chi connectivity index (χ0) is 36.7. The first kappa shape index (κ1) is 42.3. The van der Waals surface area contributed by atoms with E-state index >= 15 is 0 Å². The second kappa shape index (κ2) is 17.8. The van der Waals surface area contributed by atoms with Gasteiger partial charge in [0.1, 0.15) is 5.76 Å². The third-order valence-corrected chi connectivity index (χ3v) is 10.2. The minimum Gasteiger partial charge on any atom is -0.512 e. The number of rotatable bonds is 10. The standard InChI is InChI=1S/C29H26N3.C15H28O2.Ir/c1-17-7-18(2)10-23(9-17)28-29(24-11-19(3)8-20(4)12-24)32-27(16-31-28)26-14-21(5)25(15-30)13-22(26)6;1-7-14(5,8-2)12(16)11-13(17)15(6,9-3)10-4;/h7-9,11-14,16H,1-6H3;11,16H,7-10H2,1-6H3;/q-1;;/b;12-11-;. The summed E-state index contributed by atoms with van der Waals surface area (Å²) in [5, 5.41) is 19.5. The van der Waals surface area contributed by atoms with E-state index in [4.69, 9.17) is 9.97 Å². The van der Waals surface area contributed by atoms with Crippen molar-refractivity contribution in [2.24, 2.45) is 10.8 Å². The number of nitriles is 1. The van der Waals surface area contributed by atoms with Gasteiger partial charge in [-0.1, -0.05) is 84.7 Å². The van der Waals surface area contributed by atoms with Crippen LogP contribution in [0.15, 0.2) is 60.5 Å². The minimum atomic E-state index is -0.337. The van der Waals surface area contributed by atoms with E-state index in [2.05, 4.69) is 70.2 Å². The van der Waals surface area contributed by atoms with E-state index in [-0.39, 0.29) is 42.5 Å². The van der Waals surface area contributed by atoms with Crippen LogP contribution in [0, 0.1) is 69.8 Å². The zero-order valence-corrected chi connectivity index (χ0v) is 34.5. The first-order chi connectivity index (χ1) is 23.0. The van der Waals surface area contributed by atoms with Gasteiger partial charge in [0.15, 0.2) is 5.78 Å². The molecule has 0 aliphatic rings. The summed E-state index contributed by atoms with van der Waals surface area (Å²) in [5.74, 6) is 0.286. The number of aliphatic hydroxyl groups excluding tert-OH is 1. The van der Waals surface area contributed by atoms with Gasteiger partial charge in [0, 0.05) is 54.5 Å². The Morgan fingerprint density at radius 3 is 1.88 bits per heavy atom. The van der Waals surface area contributed by atoms with Crippen LogP contribution in [0.1, 0.15) is 106 Å². The van der Waals surface area contributed by atoms with Gasteiger partial charge in [0.05, 0.1) is 23.0 Å². The van der Waals surface area contributed by atoms with E-state index in [1.807, 2.05) is 73.7 Å². The monoisotopic (exact) mass is 849 g/mol. The summed E-state index contributed by atoms with van der Waals surface area (Å²) in [6.45, 7) is 24.4. The molecule has 1 radical (unpaired) electrons. The van der Waals surface area contributed by atoms with Crippen LogP contribution in [0.25, 0.3) is 33.8 Å². The van der Waals surface area contributed by atoms with E-state index < -0.39 is 0 Å². The molecule has 267 valence electrons. The number of ketones is 1. The molecule has 0 saturated heterocycles. The molecule has 1 aromatic heterocycles. The molecule has 0 unspecified atom stereocenters. The Bertz CT molecular complexity index is 1850. The molecule has 0 aliphatic heterocycles. The van der Waals surface area contributed by atoms with E-state index in [0.29, 0.717) is 5.56 Å². The molecule has 0 amide bonds. The van der Waals surface area contributed by atoms with Crippen LogP contribution in [-0.2, 0) is 24.9 Å². The number of hydrogen-bond acceptors (Lipinski definition) is 5. The van der Waals surface area contributed by atoms with Gasteiger partial charge in [-0.05, 0) is 82.2 Å². The van der Waals surface area contributed by atoms with Crippen molar-refractivity contribution in [1.82, 2.24) is 9.97 Å². The minimum absolute atomic E-state index is 0. The van der Waals surface area contributed by atoms with Crippen LogP contribution in [0.5, 0.6) is 0 Å². The van der Waals surface area contributed by atoms with Crippen molar-refractivity contribution in [3.05, 3.63) is 106 Å².